The lowest BCUT2D eigenvalue weighted by molar-refractivity contribution is 0.0696. The van der Waals surface area contributed by atoms with Gasteiger partial charge >= 0.3 is 5.97 Å². The van der Waals surface area contributed by atoms with Crippen molar-refractivity contribution in [1.82, 2.24) is 0 Å². The van der Waals surface area contributed by atoms with E-state index in [2.05, 4.69) is 18.7 Å². The minimum Gasteiger partial charge on any atom is -0.482 e. The zero-order chi connectivity index (χ0) is 18.1. The van der Waals surface area contributed by atoms with E-state index in [1.807, 2.05) is 6.07 Å². The van der Waals surface area contributed by atoms with Crippen LogP contribution in [-0.4, -0.2) is 24.2 Å². The van der Waals surface area contributed by atoms with Crippen LogP contribution >= 0.6 is 23.2 Å². The molecule has 1 aliphatic rings. The first-order valence-corrected chi connectivity index (χ1v) is 8.84. The lowest BCUT2D eigenvalue weighted by Crippen LogP contribution is -2.37. The van der Waals surface area contributed by atoms with Crippen molar-refractivity contribution in [1.29, 1.82) is 0 Å². The maximum atomic E-state index is 11.3. The van der Waals surface area contributed by atoms with E-state index < -0.39 is 5.97 Å². The number of carboxylic acids is 1. The first kappa shape index (κ1) is 17.9. The highest BCUT2D eigenvalue weighted by atomic mass is 35.5. The van der Waals surface area contributed by atoms with Gasteiger partial charge in [-0.05, 0) is 36.2 Å². The Balaban J connectivity index is 2.00. The van der Waals surface area contributed by atoms with Gasteiger partial charge in [-0.1, -0.05) is 43.1 Å². The summed E-state index contributed by atoms with van der Waals surface area (Å²) in [6.45, 7) is 5.64. The van der Waals surface area contributed by atoms with Crippen LogP contribution < -0.4 is 9.64 Å². The summed E-state index contributed by atoms with van der Waals surface area (Å²) in [5, 5.41) is 10.4. The molecule has 1 unspecified atom stereocenters. The van der Waals surface area contributed by atoms with E-state index in [0.717, 1.165) is 17.8 Å². The average Bonchev–Trinajstić information content (AvgIpc) is 2.53. The average molecular weight is 380 g/mol. The van der Waals surface area contributed by atoms with Crippen LogP contribution in [0.25, 0.3) is 0 Å². The van der Waals surface area contributed by atoms with Crippen LogP contribution in [0.5, 0.6) is 5.75 Å². The van der Waals surface area contributed by atoms with Crippen molar-refractivity contribution in [2.24, 2.45) is 5.92 Å². The fourth-order valence-electron chi connectivity index (χ4n) is 3.02. The number of halogens is 2. The number of carboxylic acid groups (broad SMARTS) is 1. The molecular weight excluding hydrogens is 361 g/mol. The molecule has 0 aromatic heterocycles. The number of hydrogen-bond acceptors (Lipinski definition) is 3. The summed E-state index contributed by atoms with van der Waals surface area (Å²) in [4.78, 5) is 13.4. The van der Waals surface area contributed by atoms with Gasteiger partial charge in [-0.2, -0.15) is 0 Å². The first-order chi connectivity index (χ1) is 11.8. The van der Waals surface area contributed by atoms with Crippen molar-refractivity contribution in [2.45, 2.75) is 20.0 Å². The standard InChI is InChI=1S/C19H19Cl2NO3/c1-11(2)9-22-10-18(14-5-4-13(20)8-15(14)21)25-17-6-3-12(19(23)24)7-16(17)22/h3-8,11,18H,9-10H2,1-2H3,(H,23,24). The second-order valence-electron chi connectivity index (χ2n) is 6.56. The van der Waals surface area contributed by atoms with Gasteiger partial charge in [0, 0.05) is 22.2 Å². The molecule has 132 valence electrons. The summed E-state index contributed by atoms with van der Waals surface area (Å²) in [6.07, 6.45) is -0.244. The van der Waals surface area contributed by atoms with Crippen LogP contribution in [0.15, 0.2) is 36.4 Å². The molecule has 0 spiro atoms. The predicted octanol–water partition coefficient (Wildman–Crippen LogP) is 5.29. The molecule has 0 aliphatic carbocycles. The quantitative estimate of drug-likeness (QED) is 0.783. The van der Waals surface area contributed by atoms with E-state index in [9.17, 15) is 9.90 Å². The summed E-state index contributed by atoms with van der Waals surface area (Å²) in [7, 11) is 0. The Kier molecular flexibility index (Phi) is 5.11. The molecule has 6 heteroatoms. The number of hydrogen-bond donors (Lipinski definition) is 1. The fraction of sp³-hybridized carbons (Fsp3) is 0.316. The van der Waals surface area contributed by atoms with Crippen molar-refractivity contribution < 1.29 is 14.6 Å². The molecule has 1 atom stereocenters. The summed E-state index contributed by atoms with van der Waals surface area (Å²) < 4.78 is 6.12. The number of anilines is 1. The third-order valence-corrected chi connectivity index (χ3v) is 4.66. The number of aromatic carboxylic acids is 1. The Bertz CT molecular complexity index is 807. The summed E-state index contributed by atoms with van der Waals surface area (Å²) in [6, 6.07) is 10.3. The zero-order valence-electron chi connectivity index (χ0n) is 14.0. The largest absolute Gasteiger partial charge is 0.482 e. The SMILES string of the molecule is CC(C)CN1CC(c2ccc(Cl)cc2Cl)Oc2ccc(C(=O)O)cc21. The van der Waals surface area contributed by atoms with Crippen LogP contribution in [0.2, 0.25) is 10.0 Å². The van der Waals surface area contributed by atoms with Gasteiger partial charge in [0.05, 0.1) is 17.8 Å². The van der Waals surface area contributed by atoms with Gasteiger partial charge < -0.3 is 14.7 Å². The predicted molar refractivity (Wildman–Crippen MR) is 100 cm³/mol. The van der Waals surface area contributed by atoms with E-state index in [-0.39, 0.29) is 11.7 Å². The van der Waals surface area contributed by atoms with Crippen LogP contribution in [-0.2, 0) is 0 Å². The molecule has 2 aromatic rings. The van der Waals surface area contributed by atoms with Crippen LogP contribution in [0, 0.1) is 5.92 Å². The third kappa shape index (κ3) is 3.86. The van der Waals surface area contributed by atoms with Crippen LogP contribution in [0.3, 0.4) is 0 Å². The van der Waals surface area contributed by atoms with Gasteiger partial charge in [-0.3, -0.25) is 0 Å². The van der Waals surface area contributed by atoms with Crippen LogP contribution in [0.1, 0.15) is 35.9 Å². The number of nitrogens with zero attached hydrogens (tertiary/aromatic N) is 1. The summed E-state index contributed by atoms with van der Waals surface area (Å²) in [5.41, 5.74) is 1.92. The molecule has 0 fully saturated rings. The van der Waals surface area contributed by atoms with Gasteiger partial charge in [0.2, 0.25) is 0 Å². The van der Waals surface area contributed by atoms with E-state index >= 15 is 0 Å². The van der Waals surface area contributed by atoms with Gasteiger partial charge in [0.25, 0.3) is 0 Å². The second kappa shape index (κ2) is 7.14. The minimum atomic E-state index is -0.949. The smallest absolute Gasteiger partial charge is 0.335 e. The summed E-state index contributed by atoms with van der Waals surface area (Å²) in [5.74, 6) is 0.129. The van der Waals surface area contributed by atoms with E-state index in [4.69, 9.17) is 27.9 Å². The van der Waals surface area contributed by atoms with E-state index in [1.54, 1.807) is 30.3 Å². The topological polar surface area (TPSA) is 49.8 Å². The van der Waals surface area contributed by atoms with Crippen molar-refractivity contribution in [2.75, 3.05) is 18.0 Å². The molecule has 0 saturated heterocycles. The molecule has 1 heterocycles. The van der Waals surface area contributed by atoms with Crippen LogP contribution in [0.4, 0.5) is 5.69 Å². The van der Waals surface area contributed by atoms with Gasteiger partial charge in [0.1, 0.15) is 11.9 Å². The molecule has 0 amide bonds. The molecule has 4 nitrogen and oxygen atoms in total. The van der Waals surface area contributed by atoms with Gasteiger partial charge in [-0.25, -0.2) is 4.79 Å². The Morgan fingerprint density at radius 3 is 2.68 bits per heavy atom. The zero-order valence-corrected chi connectivity index (χ0v) is 15.5. The van der Waals surface area contributed by atoms with Crippen molar-refractivity contribution >= 4 is 34.9 Å². The summed E-state index contributed by atoms with van der Waals surface area (Å²) >= 11 is 12.3. The van der Waals surface area contributed by atoms with Gasteiger partial charge in [0.15, 0.2) is 0 Å². The number of benzene rings is 2. The normalized spacial score (nSPS) is 16.5. The molecule has 25 heavy (non-hydrogen) atoms. The minimum absolute atomic E-state index is 0.244. The lowest BCUT2D eigenvalue weighted by atomic mass is 10.0. The maximum absolute atomic E-state index is 11.3. The van der Waals surface area contributed by atoms with Gasteiger partial charge in [-0.15, -0.1) is 0 Å². The fourth-order valence-corrected chi connectivity index (χ4v) is 3.55. The number of ether oxygens (including phenoxy) is 1. The molecule has 0 radical (unpaired) electrons. The highest BCUT2D eigenvalue weighted by Crippen LogP contribution is 2.41. The lowest BCUT2D eigenvalue weighted by Gasteiger charge is -2.37. The molecule has 1 N–H and O–H groups in total. The molecule has 2 aromatic carbocycles. The van der Waals surface area contributed by atoms with Crippen molar-refractivity contribution in [3.05, 3.63) is 57.6 Å². The number of rotatable bonds is 4. The second-order valence-corrected chi connectivity index (χ2v) is 7.40. The Morgan fingerprint density at radius 2 is 2.04 bits per heavy atom. The highest BCUT2D eigenvalue weighted by molar-refractivity contribution is 6.35. The first-order valence-electron chi connectivity index (χ1n) is 8.09. The molecule has 0 bridgehead atoms. The highest BCUT2D eigenvalue weighted by Gasteiger charge is 2.29. The third-order valence-electron chi connectivity index (χ3n) is 4.10. The van der Waals surface area contributed by atoms with E-state index in [0.29, 0.717) is 28.3 Å². The Hall–Kier alpha value is -1.91. The number of fused-ring (bicyclic) bond motifs is 1. The molecule has 3 rings (SSSR count). The Labute approximate surface area is 156 Å². The maximum Gasteiger partial charge on any atom is 0.335 e. The molecule has 0 saturated carbocycles. The number of carbonyl (C=O) groups is 1. The van der Waals surface area contributed by atoms with Crippen molar-refractivity contribution in [3.8, 4) is 5.75 Å². The van der Waals surface area contributed by atoms with Crippen molar-refractivity contribution in [3.63, 3.8) is 0 Å². The monoisotopic (exact) mass is 379 g/mol. The Morgan fingerprint density at radius 1 is 1.28 bits per heavy atom. The molecule has 1 aliphatic heterocycles. The van der Waals surface area contributed by atoms with E-state index in [1.165, 1.54) is 0 Å². The molecular formula is C19H19Cl2NO3.